The maximum absolute atomic E-state index is 4.39. The van der Waals surface area contributed by atoms with Crippen LogP contribution in [0.3, 0.4) is 0 Å². The molecule has 0 bridgehead atoms. The maximum Gasteiger partial charge on any atom is 0.0705 e. The van der Waals surface area contributed by atoms with Crippen molar-refractivity contribution in [3.8, 4) is 0 Å². The van der Waals surface area contributed by atoms with Crippen LogP contribution in [0.4, 0.5) is 0 Å². The fourth-order valence-corrected chi connectivity index (χ4v) is 2.63. The van der Waals surface area contributed by atoms with Crippen molar-refractivity contribution in [2.75, 3.05) is 0 Å². The van der Waals surface area contributed by atoms with Crippen LogP contribution in [-0.4, -0.2) is 11.0 Å². The van der Waals surface area contributed by atoms with Gasteiger partial charge >= 0.3 is 0 Å². The summed E-state index contributed by atoms with van der Waals surface area (Å²) in [6.45, 7) is 3.28. The first-order valence-electron chi connectivity index (χ1n) is 6.39. The van der Waals surface area contributed by atoms with Crippen LogP contribution < -0.4 is 5.32 Å². The number of fused-ring (bicyclic) bond motifs is 1. The Morgan fingerprint density at radius 1 is 1.24 bits per heavy atom. The molecular formula is C15H18N2. The van der Waals surface area contributed by atoms with Crippen molar-refractivity contribution in [1.29, 1.82) is 0 Å². The topological polar surface area (TPSA) is 24.9 Å². The number of benzene rings is 1. The molecule has 1 heterocycles. The molecule has 2 aromatic rings. The first-order chi connectivity index (χ1) is 8.33. The van der Waals surface area contributed by atoms with Crippen LogP contribution >= 0.6 is 0 Å². The second-order valence-electron chi connectivity index (χ2n) is 5.14. The number of rotatable bonds is 3. The third-order valence-electron chi connectivity index (χ3n) is 3.69. The quantitative estimate of drug-likeness (QED) is 0.869. The molecule has 1 aliphatic rings. The molecule has 1 aromatic carbocycles. The van der Waals surface area contributed by atoms with E-state index in [-0.39, 0.29) is 0 Å². The van der Waals surface area contributed by atoms with Gasteiger partial charge in [-0.3, -0.25) is 4.98 Å². The van der Waals surface area contributed by atoms with Crippen molar-refractivity contribution in [3.63, 3.8) is 0 Å². The summed E-state index contributed by atoms with van der Waals surface area (Å²) in [5.74, 6) is 0.904. The Kier molecular flexibility index (Phi) is 2.81. The van der Waals surface area contributed by atoms with E-state index in [0.29, 0.717) is 0 Å². The Hall–Kier alpha value is -1.41. The third-order valence-corrected chi connectivity index (χ3v) is 3.69. The van der Waals surface area contributed by atoms with E-state index >= 15 is 0 Å². The van der Waals surface area contributed by atoms with Gasteiger partial charge in [-0.1, -0.05) is 25.1 Å². The minimum absolute atomic E-state index is 0.719. The summed E-state index contributed by atoms with van der Waals surface area (Å²) in [5.41, 5.74) is 2.45. The summed E-state index contributed by atoms with van der Waals surface area (Å²) in [5, 5.41) is 4.90. The largest absolute Gasteiger partial charge is 0.310 e. The molecule has 1 N–H and O–H groups in total. The molecule has 2 heteroatoms. The highest BCUT2D eigenvalue weighted by atomic mass is 14.9. The van der Waals surface area contributed by atoms with Crippen LogP contribution in [0, 0.1) is 5.92 Å². The van der Waals surface area contributed by atoms with Crippen molar-refractivity contribution in [1.82, 2.24) is 10.3 Å². The lowest BCUT2D eigenvalue weighted by Gasteiger charge is -2.33. The van der Waals surface area contributed by atoms with E-state index in [4.69, 9.17) is 0 Å². The van der Waals surface area contributed by atoms with Crippen molar-refractivity contribution in [3.05, 3.63) is 42.1 Å². The lowest BCUT2D eigenvalue weighted by molar-refractivity contribution is 0.240. The zero-order chi connectivity index (χ0) is 11.7. The van der Waals surface area contributed by atoms with Crippen LogP contribution in [0.2, 0.25) is 0 Å². The van der Waals surface area contributed by atoms with Crippen molar-refractivity contribution in [2.45, 2.75) is 32.4 Å². The van der Waals surface area contributed by atoms with E-state index in [1.165, 1.54) is 23.8 Å². The lowest BCUT2D eigenvalue weighted by atomic mass is 9.82. The van der Waals surface area contributed by atoms with Gasteiger partial charge in [0.15, 0.2) is 0 Å². The highest BCUT2D eigenvalue weighted by Crippen LogP contribution is 2.27. The fraction of sp³-hybridized carbons (Fsp3) is 0.400. The van der Waals surface area contributed by atoms with Gasteiger partial charge in [-0.15, -0.1) is 0 Å². The highest BCUT2D eigenvalue weighted by molar-refractivity contribution is 5.81. The minimum Gasteiger partial charge on any atom is -0.310 e. The average Bonchev–Trinajstić information content (AvgIpc) is 2.33. The number of nitrogens with zero attached hydrogens (tertiary/aromatic N) is 1. The van der Waals surface area contributed by atoms with Gasteiger partial charge in [-0.05, 0) is 36.5 Å². The molecule has 1 aliphatic carbocycles. The Bertz CT molecular complexity index is 510. The molecule has 0 amide bonds. The zero-order valence-electron chi connectivity index (χ0n) is 10.2. The highest BCUT2D eigenvalue weighted by Gasteiger charge is 2.24. The van der Waals surface area contributed by atoms with Gasteiger partial charge < -0.3 is 5.32 Å². The molecule has 88 valence electrons. The maximum atomic E-state index is 4.39. The molecule has 0 radical (unpaired) electrons. The lowest BCUT2D eigenvalue weighted by Crippen LogP contribution is -2.39. The molecule has 1 aromatic heterocycles. The van der Waals surface area contributed by atoms with Gasteiger partial charge in [0.2, 0.25) is 0 Å². The van der Waals surface area contributed by atoms with Crippen molar-refractivity contribution in [2.24, 2.45) is 5.92 Å². The standard InChI is InChI=1S/C15H18N2/c1-11-8-13(9-11)17-10-12-6-7-16-15-5-3-2-4-14(12)15/h2-7,11,13,17H,8-10H2,1H3. The number of pyridine rings is 1. The fourth-order valence-electron chi connectivity index (χ4n) is 2.63. The summed E-state index contributed by atoms with van der Waals surface area (Å²) in [4.78, 5) is 4.39. The Morgan fingerprint density at radius 2 is 2.06 bits per heavy atom. The average molecular weight is 226 g/mol. The third kappa shape index (κ3) is 2.18. The molecule has 0 aliphatic heterocycles. The van der Waals surface area contributed by atoms with Gasteiger partial charge in [0.25, 0.3) is 0 Å². The first-order valence-corrected chi connectivity index (χ1v) is 6.39. The van der Waals surface area contributed by atoms with Crippen LogP contribution in [0.15, 0.2) is 36.5 Å². The second kappa shape index (κ2) is 4.46. The summed E-state index contributed by atoms with van der Waals surface area (Å²) in [6.07, 6.45) is 4.55. The van der Waals surface area contributed by atoms with E-state index in [0.717, 1.165) is 24.0 Å². The number of para-hydroxylation sites is 1. The van der Waals surface area contributed by atoms with Crippen molar-refractivity contribution < 1.29 is 0 Å². The summed E-state index contributed by atoms with van der Waals surface area (Å²) >= 11 is 0. The van der Waals surface area contributed by atoms with Gasteiger partial charge in [-0.25, -0.2) is 0 Å². The van der Waals surface area contributed by atoms with Crippen LogP contribution in [0.1, 0.15) is 25.3 Å². The number of hydrogen-bond acceptors (Lipinski definition) is 2. The number of hydrogen-bond donors (Lipinski definition) is 1. The molecule has 17 heavy (non-hydrogen) atoms. The Labute approximate surface area is 102 Å². The zero-order valence-corrected chi connectivity index (χ0v) is 10.2. The Morgan fingerprint density at radius 3 is 2.88 bits per heavy atom. The van der Waals surface area contributed by atoms with Gasteiger partial charge in [0.05, 0.1) is 5.52 Å². The van der Waals surface area contributed by atoms with Gasteiger partial charge in [0, 0.05) is 24.2 Å². The van der Waals surface area contributed by atoms with Crippen LogP contribution in [0.5, 0.6) is 0 Å². The number of aromatic nitrogens is 1. The van der Waals surface area contributed by atoms with E-state index in [1.54, 1.807) is 0 Å². The molecule has 2 nitrogen and oxygen atoms in total. The molecule has 3 rings (SSSR count). The molecular weight excluding hydrogens is 208 g/mol. The first kappa shape index (κ1) is 10.7. The predicted molar refractivity (Wildman–Crippen MR) is 70.8 cm³/mol. The molecule has 0 atom stereocenters. The van der Waals surface area contributed by atoms with Gasteiger partial charge in [0.1, 0.15) is 0 Å². The smallest absolute Gasteiger partial charge is 0.0705 e. The second-order valence-corrected chi connectivity index (χ2v) is 5.14. The summed E-state index contributed by atoms with van der Waals surface area (Å²) < 4.78 is 0. The molecule has 1 saturated carbocycles. The Balaban J connectivity index is 1.76. The van der Waals surface area contributed by atoms with E-state index in [9.17, 15) is 0 Å². The number of nitrogens with one attached hydrogen (secondary N) is 1. The summed E-state index contributed by atoms with van der Waals surface area (Å²) in [6, 6.07) is 11.2. The minimum atomic E-state index is 0.719. The van der Waals surface area contributed by atoms with Gasteiger partial charge in [-0.2, -0.15) is 0 Å². The predicted octanol–water partition coefficient (Wildman–Crippen LogP) is 3.12. The van der Waals surface area contributed by atoms with E-state index in [1.807, 2.05) is 12.3 Å². The summed E-state index contributed by atoms with van der Waals surface area (Å²) in [7, 11) is 0. The normalized spacial score (nSPS) is 23.6. The molecule has 0 unspecified atom stereocenters. The van der Waals surface area contributed by atoms with E-state index < -0.39 is 0 Å². The molecule has 0 spiro atoms. The van der Waals surface area contributed by atoms with Crippen LogP contribution in [0.25, 0.3) is 10.9 Å². The monoisotopic (exact) mass is 226 g/mol. The molecule has 0 saturated heterocycles. The van der Waals surface area contributed by atoms with E-state index in [2.05, 4.69) is 41.5 Å². The SMILES string of the molecule is CC1CC(NCc2ccnc3ccccc23)C1. The molecule has 1 fully saturated rings. The van der Waals surface area contributed by atoms with Crippen LogP contribution in [-0.2, 0) is 6.54 Å². The van der Waals surface area contributed by atoms with Crippen molar-refractivity contribution >= 4 is 10.9 Å².